The van der Waals surface area contributed by atoms with E-state index in [0.29, 0.717) is 11.6 Å². The number of aromatic nitrogens is 2. The van der Waals surface area contributed by atoms with Crippen molar-refractivity contribution in [3.05, 3.63) is 48.2 Å². The van der Waals surface area contributed by atoms with Gasteiger partial charge in [0.1, 0.15) is 35.7 Å². The highest BCUT2D eigenvalue weighted by atomic mass is 19.1. The maximum atomic E-state index is 12.8. The summed E-state index contributed by atoms with van der Waals surface area (Å²) >= 11 is 0. The molecule has 1 aromatic carbocycles. The first-order valence-electron chi connectivity index (χ1n) is 8.08. The van der Waals surface area contributed by atoms with Gasteiger partial charge in [0.05, 0.1) is 12.4 Å². The summed E-state index contributed by atoms with van der Waals surface area (Å²) in [5, 5.41) is 12.8. The van der Waals surface area contributed by atoms with Gasteiger partial charge in [-0.1, -0.05) is 0 Å². The zero-order valence-electron chi connectivity index (χ0n) is 14.9. The van der Waals surface area contributed by atoms with Crippen LogP contribution in [0.15, 0.2) is 36.7 Å². The number of carbonyl (C=O) groups is 1. The second-order valence-electron chi connectivity index (χ2n) is 6.59. The van der Waals surface area contributed by atoms with Gasteiger partial charge in [-0.15, -0.1) is 0 Å². The number of esters is 1. The zero-order valence-corrected chi connectivity index (χ0v) is 14.9. The van der Waals surface area contributed by atoms with Gasteiger partial charge in [0.25, 0.3) is 0 Å². The van der Waals surface area contributed by atoms with E-state index in [1.54, 1.807) is 20.8 Å². The summed E-state index contributed by atoms with van der Waals surface area (Å²) in [5.74, 6) is -0.0395. The third-order valence-corrected chi connectivity index (χ3v) is 3.03. The van der Waals surface area contributed by atoms with Gasteiger partial charge in [0.2, 0.25) is 0 Å². The smallest absolute Gasteiger partial charge is 0.359 e. The summed E-state index contributed by atoms with van der Waals surface area (Å²) in [4.78, 5) is 19.9. The number of halogens is 1. The van der Waals surface area contributed by atoms with Crippen molar-refractivity contribution in [3.63, 3.8) is 0 Å². The number of nitrogens with zero attached hydrogens (tertiary/aromatic N) is 2. The first-order chi connectivity index (χ1) is 12.2. The highest BCUT2D eigenvalue weighted by molar-refractivity contribution is 5.87. The predicted octanol–water partition coefficient (Wildman–Crippen LogP) is 2.42. The van der Waals surface area contributed by atoms with Gasteiger partial charge < -0.3 is 19.9 Å². The molecule has 0 aliphatic heterocycles. The number of aliphatic hydroxyl groups is 1. The van der Waals surface area contributed by atoms with Crippen LogP contribution in [0, 0.1) is 5.82 Å². The molecule has 0 amide bonds. The van der Waals surface area contributed by atoms with Crippen molar-refractivity contribution < 1.29 is 23.8 Å². The molecule has 140 valence electrons. The van der Waals surface area contributed by atoms with Crippen molar-refractivity contribution in [2.45, 2.75) is 32.5 Å². The fourth-order valence-electron chi connectivity index (χ4n) is 1.86. The highest BCUT2D eigenvalue weighted by Crippen LogP contribution is 2.12. The second kappa shape index (κ2) is 8.57. The van der Waals surface area contributed by atoms with Crippen LogP contribution in [0.3, 0.4) is 0 Å². The van der Waals surface area contributed by atoms with Gasteiger partial charge in [-0.2, -0.15) is 0 Å². The van der Waals surface area contributed by atoms with E-state index in [9.17, 15) is 14.3 Å². The fraction of sp³-hybridized carbons (Fsp3) is 0.389. The molecule has 0 radical (unpaired) electrons. The molecule has 2 N–H and O–H groups in total. The van der Waals surface area contributed by atoms with Crippen molar-refractivity contribution in [1.82, 2.24) is 9.97 Å². The average Bonchev–Trinajstić information content (AvgIpc) is 2.58. The Morgan fingerprint density at radius 1 is 1.23 bits per heavy atom. The number of anilines is 1. The van der Waals surface area contributed by atoms with Gasteiger partial charge in [0.15, 0.2) is 5.69 Å². The maximum absolute atomic E-state index is 12.8. The molecule has 0 aliphatic rings. The van der Waals surface area contributed by atoms with E-state index < -0.39 is 17.7 Å². The molecule has 0 saturated carbocycles. The number of hydrogen-bond donors (Lipinski definition) is 2. The van der Waals surface area contributed by atoms with Crippen molar-refractivity contribution in [3.8, 4) is 5.75 Å². The molecular formula is C18H22FN3O4. The standard InChI is InChI=1S/C18H22FN3O4/c1-18(2,3)26-17(24)15-9-22-16(10-20-15)21-8-13(23)11-25-14-6-4-12(19)5-7-14/h4-7,9-10,13,23H,8,11H2,1-3H3,(H,21,22)/t13-/m1/s1. The first kappa shape index (κ1) is 19.6. The van der Waals surface area contributed by atoms with Crippen LogP contribution < -0.4 is 10.1 Å². The maximum Gasteiger partial charge on any atom is 0.359 e. The molecule has 2 aromatic rings. The molecular weight excluding hydrogens is 341 g/mol. The van der Waals surface area contributed by atoms with E-state index in [1.807, 2.05) is 0 Å². The van der Waals surface area contributed by atoms with Gasteiger partial charge in [-0.3, -0.25) is 0 Å². The molecule has 1 aromatic heterocycles. The highest BCUT2D eigenvalue weighted by Gasteiger charge is 2.19. The third-order valence-electron chi connectivity index (χ3n) is 3.03. The molecule has 26 heavy (non-hydrogen) atoms. The molecule has 0 bridgehead atoms. The Balaban J connectivity index is 1.78. The topological polar surface area (TPSA) is 93.6 Å². The Morgan fingerprint density at radius 2 is 1.92 bits per heavy atom. The van der Waals surface area contributed by atoms with E-state index in [2.05, 4.69) is 15.3 Å². The summed E-state index contributed by atoms with van der Waals surface area (Å²) in [6.45, 7) is 5.50. The summed E-state index contributed by atoms with van der Waals surface area (Å²) < 4.78 is 23.4. The lowest BCUT2D eigenvalue weighted by atomic mass is 10.2. The largest absolute Gasteiger partial charge is 0.491 e. The number of rotatable bonds is 7. The van der Waals surface area contributed by atoms with Crippen molar-refractivity contribution >= 4 is 11.8 Å². The van der Waals surface area contributed by atoms with Crippen LogP contribution in [-0.4, -0.2) is 45.9 Å². The van der Waals surface area contributed by atoms with Crippen LogP contribution in [0.5, 0.6) is 5.75 Å². The normalized spacial score (nSPS) is 12.3. The molecule has 0 spiro atoms. The van der Waals surface area contributed by atoms with Crippen LogP contribution in [0.1, 0.15) is 31.3 Å². The molecule has 0 saturated heterocycles. The molecule has 1 atom stereocenters. The van der Waals surface area contributed by atoms with Crippen LogP contribution in [0.2, 0.25) is 0 Å². The Morgan fingerprint density at radius 3 is 2.50 bits per heavy atom. The Kier molecular flexibility index (Phi) is 6.46. The molecule has 0 unspecified atom stereocenters. The van der Waals surface area contributed by atoms with Crippen LogP contribution in [-0.2, 0) is 4.74 Å². The Bertz CT molecular complexity index is 715. The summed E-state index contributed by atoms with van der Waals surface area (Å²) in [7, 11) is 0. The average molecular weight is 363 g/mol. The van der Waals surface area contributed by atoms with E-state index >= 15 is 0 Å². The van der Waals surface area contributed by atoms with E-state index in [0.717, 1.165) is 0 Å². The van der Waals surface area contributed by atoms with Crippen molar-refractivity contribution in [2.75, 3.05) is 18.5 Å². The minimum Gasteiger partial charge on any atom is -0.491 e. The number of benzene rings is 1. The second-order valence-corrected chi connectivity index (χ2v) is 6.59. The molecule has 1 heterocycles. The monoisotopic (exact) mass is 363 g/mol. The number of carbonyl (C=O) groups excluding carboxylic acids is 1. The number of aliphatic hydroxyl groups excluding tert-OH is 1. The van der Waals surface area contributed by atoms with Crippen LogP contribution in [0.25, 0.3) is 0 Å². The number of hydrogen-bond acceptors (Lipinski definition) is 7. The van der Waals surface area contributed by atoms with E-state index in [-0.39, 0.29) is 24.7 Å². The minimum atomic E-state index is -0.813. The summed E-state index contributed by atoms with van der Waals surface area (Å²) in [6, 6.07) is 5.52. The quantitative estimate of drug-likeness (QED) is 0.730. The molecule has 8 heteroatoms. The minimum absolute atomic E-state index is 0.0298. The first-order valence-corrected chi connectivity index (χ1v) is 8.08. The van der Waals surface area contributed by atoms with Gasteiger partial charge in [-0.25, -0.2) is 19.2 Å². The third kappa shape index (κ3) is 6.64. The lowest BCUT2D eigenvalue weighted by Crippen LogP contribution is -2.27. The Hall–Kier alpha value is -2.74. The summed E-state index contributed by atoms with van der Waals surface area (Å²) in [5.41, 5.74) is -0.504. The van der Waals surface area contributed by atoms with E-state index in [4.69, 9.17) is 9.47 Å². The zero-order chi connectivity index (χ0) is 19.2. The predicted molar refractivity (Wildman–Crippen MR) is 93.6 cm³/mol. The lowest BCUT2D eigenvalue weighted by molar-refractivity contribution is 0.00623. The van der Waals surface area contributed by atoms with Crippen molar-refractivity contribution in [1.29, 1.82) is 0 Å². The van der Waals surface area contributed by atoms with Crippen LogP contribution in [0.4, 0.5) is 10.2 Å². The fourth-order valence-corrected chi connectivity index (χ4v) is 1.86. The molecule has 2 rings (SSSR count). The lowest BCUT2D eigenvalue weighted by Gasteiger charge is -2.19. The SMILES string of the molecule is CC(C)(C)OC(=O)c1cnc(NC[C@@H](O)COc2ccc(F)cc2)cn1. The Labute approximate surface area is 151 Å². The van der Waals surface area contributed by atoms with Crippen molar-refractivity contribution in [2.24, 2.45) is 0 Å². The van der Waals surface area contributed by atoms with E-state index in [1.165, 1.54) is 36.7 Å². The summed E-state index contributed by atoms with van der Waals surface area (Å²) in [6.07, 6.45) is 1.87. The molecule has 7 nitrogen and oxygen atoms in total. The van der Waals surface area contributed by atoms with Gasteiger partial charge >= 0.3 is 5.97 Å². The molecule has 0 fully saturated rings. The van der Waals surface area contributed by atoms with Crippen LogP contribution >= 0.6 is 0 Å². The van der Waals surface area contributed by atoms with Gasteiger partial charge in [0, 0.05) is 6.54 Å². The number of ether oxygens (including phenoxy) is 2. The number of nitrogens with one attached hydrogen (secondary N) is 1. The molecule has 0 aliphatic carbocycles. The van der Waals surface area contributed by atoms with Gasteiger partial charge in [-0.05, 0) is 45.0 Å².